The van der Waals surface area contributed by atoms with E-state index in [1.807, 2.05) is 6.92 Å². The predicted octanol–water partition coefficient (Wildman–Crippen LogP) is 4.35. The lowest BCUT2D eigenvalue weighted by molar-refractivity contribution is -0.939. The first kappa shape index (κ1) is 40.0. The van der Waals surface area contributed by atoms with Crippen molar-refractivity contribution in [3.63, 3.8) is 0 Å². The highest BCUT2D eigenvalue weighted by atomic mass is 32.2. The number of nitrogens with zero attached hydrogens (tertiary/aromatic N) is 4. The largest absolute Gasteiger partial charge is 0.870 e. The zero-order chi connectivity index (χ0) is 33.4. The molecule has 3 aliphatic rings. The average molecular weight is 678 g/mol. The van der Waals surface area contributed by atoms with Crippen molar-refractivity contribution in [3.05, 3.63) is 0 Å². The van der Waals surface area contributed by atoms with Gasteiger partial charge in [-0.05, 0) is 59.3 Å². The SMILES string of the molecule is CCCC[N+](CCCC)(CCCC)C(CCC)S(=O)(=O)ON1C(=O)N2C[C@H]1CC[C@H]2C(=O)NOC1CN(C(=O)OC(C)(C)C)C1.[OH-]. The van der Waals surface area contributed by atoms with Crippen molar-refractivity contribution in [2.45, 2.75) is 142 Å². The highest BCUT2D eigenvalue weighted by Gasteiger charge is 2.53. The summed E-state index contributed by atoms with van der Waals surface area (Å²) in [5.74, 6) is -0.486. The normalized spacial score (nSPS) is 21.1. The molecule has 15 heteroatoms. The number of urea groups is 1. The molecule has 3 aliphatic heterocycles. The summed E-state index contributed by atoms with van der Waals surface area (Å²) in [4.78, 5) is 47.2. The van der Waals surface area contributed by atoms with Crippen molar-refractivity contribution in [2.75, 3.05) is 39.3 Å². The van der Waals surface area contributed by atoms with Crippen LogP contribution in [0, 0.1) is 0 Å². The van der Waals surface area contributed by atoms with Crippen molar-refractivity contribution in [3.8, 4) is 0 Å². The van der Waals surface area contributed by atoms with Crippen molar-refractivity contribution in [1.29, 1.82) is 0 Å². The maximum Gasteiger partial charge on any atom is 0.410 e. The van der Waals surface area contributed by atoms with E-state index in [0.29, 0.717) is 30.2 Å². The summed E-state index contributed by atoms with van der Waals surface area (Å²) in [6.07, 6.45) is 6.73. The summed E-state index contributed by atoms with van der Waals surface area (Å²) in [7, 11) is -4.18. The quantitative estimate of drug-likeness (QED) is 0.164. The van der Waals surface area contributed by atoms with Crippen molar-refractivity contribution in [2.24, 2.45) is 0 Å². The summed E-state index contributed by atoms with van der Waals surface area (Å²) < 4.78 is 39.9. The van der Waals surface area contributed by atoms with Crippen molar-refractivity contribution >= 4 is 28.1 Å². The third-order valence-electron chi connectivity index (χ3n) is 8.99. The van der Waals surface area contributed by atoms with Crippen LogP contribution in [0.15, 0.2) is 0 Å². The Morgan fingerprint density at radius 3 is 2.00 bits per heavy atom. The lowest BCUT2D eigenvalue weighted by atomic mass is 10.0. The molecule has 0 aromatic heterocycles. The van der Waals surface area contributed by atoms with Gasteiger partial charge in [0.15, 0.2) is 0 Å². The Kier molecular flexibility index (Phi) is 15.0. The Morgan fingerprint density at radius 2 is 1.50 bits per heavy atom. The van der Waals surface area contributed by atoms with E-state index in [1.165, 1.54) is 9.80 Å². The number of likely N-dealkylation sites (tertiary alicyclic amines) is 1. The highest BCUT2D eigenvalue weighted by Crippen LogP contribution is 2.34. The number of quaternary nitrogens is 1. The molecule has 0 spiro atoms. The molecule has 3 saturated heterocycles. The first-order valence-electron chi connectivity index (χ1n) is 17.0. The third kappa shape index (κ3) is 9.91. The van der Waals surface area contributed by atoms with E-state index in [1.54, 1.807) is 20.8 Å². The lowest BCUT2D eigenvalue weighted by Crippen LogP contribution is -2.61. The van der Waals surface area contributed by atoms with E-state index >= 15 is 0 Å². The number of hydrogen-bond donors (Lipinski definition) is 1. The number of amides is 4. The Hall–Kier alpha value is -2.20. The summed E-state index contributed by atoms with van der Waals surface area (Å²) in [6, 6.07) is -1.89. The van der Waals surface area contributed by atoms with Gasteiger partial charge in [0.25, 0.3) is 5.91 Å². The van der Waals surface area contributed by atoms with Gasteiger partial charge in [0.1, 0.15) is 17.7 Å². The van der Waals surface area contributed by atoms with Crippen LogP contribution in [0.5, 0.6) is 0 Å². The maximum atomic E-state index is 14.1. The summed E-state index contributed by atoms with van der Waals surface area (Å²) in [6.45, 7) is 16.7. The minimum absolute atomic E-state index is 0. The van der Waals surface area contributed by atoms with Crippen LogP contribution in [0.3, 0.4) is 0 Å². The summed E-state index contributed by atoms with van der Waals surface area (Å²) in [5.41, 5.74) is 1.85. The minimum Gasteiger partial charge on any atom is -0.870 e. The molecule has 3 heterocycles. The van der Waals surface area contributed by atoms with Crippen LogP contribution in [0.25, 0.3) is 0 Å². The number of nitrogens with one attached hydrogen (secondary N) is 1. The van der Waals surface area contributed by atoms with Crippen molar-refractivity contribution in [1.82, 2.24) is 20.3 Å². The number of unbranched alkanes of at least 4 members (excludes halogenated alkanes) is 3. The highest BCUT2D eigenvalue weighted by molar-refractivity contribution is 7.87. The van der Waals surface area contributed by atoms with Gasteiger partial charge < -0.3 is 24.5 Å². The number of fused-ring (bicyclic) bond motifs is 2. The molecule has 0 saturated carbocycles. The fraction of sp³-hybridized carbons (Fsp3) is 0.903. The number of rotatable bonds is 18. The predicted molar refractivity (Wildman–Crippen MR) is 172 cm³/mol. The number of hydrogen-bond acceptors (Lipinski definition) is 9. The molecule has 46 heavy (non-hydrogen) atoms. The molecule has 0 aromatic carbocycles. The summed E-state index contributed by atoms with van der Waals surface area (Å²) in [5, 5.41) is 0.232. The minimum atomic E-state index is -4.18. The second-order valence-corrected chi connectivity index (χ2v) is 15.5. The van der Waals surface area contributed by atoms with Crippen LogP contribution in [0.2, 0.25) is 0 Å². The fourth-order valence-electron chi connectivity index (χ4n) is 6.49. The Morgan fingerprint density at radius 1 is 0.935 bits per heavy atom. The molecule has 0 aliphatic carbocycles. The molecule has 268 valence electrons. The van der Waals surface area contributed by atoms with Crippen LogP contribution >= 0.6 is 0 Å². The van der Waals surface area contributed by atoms with E-state index in [4.69, 9.17) is 13.9 Å². The molecule has 2 N–H and O–H groups in total. The maximum absolute atomic E-state index is 14.1. The molecule has 3 fully saturated rings. The van der Waals surface area contributed by atoms with Crippen molar-refractivity contribution < 1.29 is 46.6 Å². The number of carbonyl (C=O) groups is 3. The molecular weight excluding hydrogens is 618 g/mol. The van der Waals surface area contributed by atoms with Gasteiger partial charge in [-0.2, -0.15) is 13.5 Å². The van der Waals surface area contributed by atoms with Gasteiger partial charge in [-0.1, -0.05) is 47.0 Å². The molecule has 2 bridgehead atoms. The van der Waals surface area contributed by atoms with E-state index in [2.05, 4.69) is 26.3 Å². The van der Waals surface area contributed by atoms with Crippen LogP contribution in [-0.4, -0.2) is 120 Å². The van der Waals surface area contributed by atoms with E-state index in [9.17, 15) is 22.8 Å². The lowest BCUT2D eigenvalue weighted by Gasteiger charge is -2.44. The van der Waals surface area contributed by atoms with Gasteiger partial charge in [-0.15, -0.1) is 4.28 Å². The molecule has 1 unspecified atom stereocenters. The number of hydroxylamine groups is 3. The monoisotopic (exact) mass is 677 g/mol. The van der Waals surface area contributed by atoms with Gasteiger partial charge >= 0.3 is 22.2 Å². The molecular formula is C31H59N5O9S. The van der Waals surface area contributed by atoms with Gasteiger partial charge in [-0.25, -0.2) is 15.1 Å². The van der Waals surface area contributed by atoms with Crippen LogP contribution < -0.4 is 5.48 Å². The molecule has 3 rings (SSSR count). The smallest absolute Gasteiger partial charge is 0.410 e. The van der Waals surface area contributed by atoms with Crippen LogP contribution in [-0.2, 0) is 28.8 Å². The van der Waals surface area contributed by atoms with Crippen LogP contribution in [0.1, 0.15) is 113 Å². The van der Waals surface area contributed by atoms with E-state index < -0.39 is 51.2 Å². The third-order valence-corrected chi connectivity index (χ3v) is 10.7. The van der Waals surface area contributed by atoms with Gasteiger partial charge in [0.05, 0.1) is 38.8 Å². The second kappa shape index (κ2) is 17.3. The molecule has 3 atom stereocenters. The van der Waals surface area contributed by atoms with Gasteiger partial charge in [0.2, 0.25) is 5.37 Å². The Balaban J connectivity index is 0.00000736. The summed E-state index contributed by atoms with van der Waals surface area (Å²) >= 11 is 0. The number of ether oxygens (including phenoxy) is 1. The Labute approximate surface area is 276 Å². The molecule has 14 nitrogen and oxygen atoms in total. The van der Waals surface area contributed by atoms with Crippen LogP contribution in [0.4, 0.5) is 9.59 Å². The zero-order valence-electron chi connectivity index (χ0n) is 29.0. The molecule has 4 amide bonds. The topological polar surface area (TPSA) is 165 Å². The molecule has 0 radical (unpaired) electrons. The first-order valence-corrected chi connectivity index (χ1v) is 18.5. The Bertz CT molecular complexity index is 1090. The van der Waals surface area contributed by atoms with E-state index in [0.717, 1.165) is 63.2 Å². The fourth-order valence-corrected chi connectivity index (χ4v) is 8.38. The van der Waals surface area contributed by atoms with Gasteiger partial charge in [0, 0.05) is 13.0 Å². The zero-order valence-corrected chi connectivity index (χ0v) is 29.8. The number of piperidine rings is 1. The average Bonchev–Trinajstić information content (AvgIpc) is 3.18. The van der Waals surface area contributed by atoms with E-state index in [-0.39, 0.29) is 31.2 Å². The first-order chi connectivity index (χ1) is 21.2. The second-order valence-electron chi connectivity index (χ2n) is 13.9. The van der Waals surface area contributed by atoms with Gasteiger partial charge in [-0.3, -0.25) is 9.63 Å². The standard InChI is InChI=1S/C31H57N5O8S.H2O/c1-8-12-18-36(19-13-9-2,20-14-10-3)27(15-11-4)45(40,41)44-35-24-16-17-26(34(21-24)29(35)38)28(37)32-43-25-22-33(23-25)30(39)42-31(5,6)7;/h24-27H,8-23H2,1-7H3;1H2/t24-,26+,27?;/m1./s1. The molecule has 0 aromatic rings. The number of carbonyl (C=O) groups excluding carboxylic acids is 3.